The molecule has 0 radical (unpaired) electrons. The molecule has 0 bridgehead atoms. The Hall–Kier alpha value is -0.0800. The summed E-state index contributed by atoms with van der Waals surface area (Å²) in [5, 5.41) is 0. The lowest BCUT2D eigenvalue weighted by atomic mass is 9.72. The second-order valence-electron chi connectivity index (χ2n) is 6.43. The number of nitrogens with zero attached hydrogens (tertiary/aromatic N) is 1. The Morgan fingerprint density at radius 2 is 1.56 bits per heavy atom. The van der Waals surface area contributed by atoms with Crippen LogP contribution in [0.1, 0.15) is 71.6 Å². The van der Waals surface area contributed by atoms with Crippen molar-refractivity contribution in [3.05, 3.63) is 0 Å². The summed E-state index contributed by atoms with van der Waals surface area (Å²) < 4.78 is 0. The van der Waals surface area contributed by atoms with Crippen molar-refractivity contribution in [1.82, 2.24) is 4.90 Å². The van der Waals surface area contributed by atoms with E-state index in [0.717, 1.165) is 5.92 Å². The molecule has 0 spiro atoms. The van der Waals surface area contributed by atoms with Crippen molar-refractivity contribution in [2.75, 3.05) is 13.1 Å². The zero-order valence-electron chi connectivity index (χ0n) is 12.5. The third kappa shape index (κ3) is 2.60. The molecule has 1 saturated carbocycles. The molecule has 2 N–H and O–H groups in total. The van der Waals surface area contributed by atoms with Crippen molar-refractivity contribution < 1.29 is 0 Å². The van der Waals surface area contributed by atoms with E-state index in [1.165, 1.54) is 70.9 Å². The second-order valence-corrected chi connectivity index (χ2v) is 6.43. The molecule has 1 aliphatic carbocycles. The van der Waals surface area contributed by atoms with Crippen LogP contribution in [0.25, 0.3) is 0 Å². The summed E-state index contributed by atoms with van der Waals surface area (Å²) >= 11 is 0. The first kappa shape index (κ1) is 14.3. The van der Waals surface area contributed by atoms with Gasteiger partial charge in [0.2, 0.25) is 0 Å². The smallest absolute Gasteiger partial charge is 0.0357 e. The van der Waals surface area contributed by atoms with Gasteiger partial charge in [-0.15, -0.1) is 0 Å². The van der Waals surface area contributed by atoms with E-state index >= 15 is 0 Å². The van der Waals surface area contributed by atoms with Crippen molar-refractivity contribution in [2.24, 2.45) is 11.7 Å². The van der Waals surface area contributed by atoms with Gasteiger partial charge >= 0.3 is 0 Å². The maximum atomic E-state index is 6.79. The molecule has 2 fully saturated rings. The average Bonchev–Trinajstić information content (AvgIpc) is 2.96. The molecule has 106 valence electrons. The predicted octanol–water partition coefficient (Wildman–Crippen LogP) is 3.55. The van der Waals surface area contributed by atoms with Gasteiger partial charge in [0.25, 0.3) is 0 Å². The third-order valence-electron chi connectivity index (χ3n) is 5.74. The van der Waals surface area contributed by atoms with Crippen LogP contribution >= 0.6 is 0 Å². The molecular formula is C16H32N2. The number of nitrogens with two attached hydrogens (primary N) is 1. The maximum absolute atomic E-state index is 6.79. The molecule has 2 heteroatoms. The van der Waals surface area contributed by atoms with E-state index in [-0.39, 0.29) is 0 Å². The molecule has 0 amide bonds. The molecule has 2 nitrogen and oxygen atoms in total. The van der Waals surface area contributed by atoms with E-state index in [1.54, 1.807) is 0 Å². The summed E-state index contributed by atoms with van der Waals surface area (Å²) in [4.78, 5) is 2.73. The van der Waals surface area contributed by atoms with Gasteiger partial charge in [0.1, 0.15) is 0 Å². The maximum Gasteiger partial charge on any atom is 0.0357 e. The van der Waals surface area contributed by atoms with Crippen molar-refractivity contribution in [1.29, 1.82) is 0 Å². The molecule has 1 aliphatic heterocycles. The Balaban J connectivity index is 2.11. The SMILES string of the molecule is CCC(CC)(C(N)C1CCCCC1)N1CCCC1. The standard InChI is InChI=1S/C16H32N2/c1-3-16(4-2,18-12-8-9-13-18)15(17)14-10-6-5-7-11-14/h14-15H,3-13,17H2,1-2H3. The minimum Gasteiger partial charge on any atom is -0.326 e. The molecular weight excluding hydrogens is 220 g/mol. The Morgan fingerprint density at radius 3 is 2.06 bits per heavy atom. The first-order chi connectivity index (χ1) is 8.74. The first-order valence-corrected chi connectivity index (χ1v) is 8.25. The number of likely N-dealkylation sites (tertiary alicyclic amines) is 1. The molecule has 1 saturated heterocycles. The lowest BCUT2D eigenvalue weighted by Gasteiger charge is -2.49. The zero-order chi connectivity index (χ0) is 13.0. The van der Waals surface area contributed by atoms with Crippen LogP contribution in [0, 0.1) is 5.92 Å². The number of rotatable bonds is 5. The number of hydrogen-bond acceptors (Lipinski definition) is 2. The lowest BCUT2D eigenvalue weighted by Crippen LogP contribution is -2.61. The highest BCUT2D eigenvalue weighted by Crippen LogP contribution is 2.38. The molecule has 1 unspecified atom stereocenters. The van der Waals surface area contributed by atoms with E-state index in [1.807, 2.05) is 0 Å². The van der Waals surface area contributed by atoms with Gasteiger partial charge in [-0.2, -0.15) is 0 Å². The van der Waals surface area contributed by atoms with Gasteiger partial charge in [0.05, 0.1) is 0 Å². The largest absolute Gasteiger partial charge is 0.326 e. The highest BCUT2D eigenvalue weighted by atomic mass is 15.2. The summed E-state index contributed by atoms with van der Waals surface area (Å²) in [5.41, 5.74) is 7.08. The van der Waals surface area contributed by atoms with Crippen molar-refractivity contribution in [3.63, 3.8) is 0 Å². The summed E-state index contributed by atoms with van der Waals surface area (Å²) in [6, 6.07) is 0.394. The minimum atomic E-state index is 0.290. The van der Waals surface area contributed by atoms with Crippen LogP contribution < -0.4 is 5.73 Å². The summed E-state index contributed by atoms with van der Waals surface area (Å²) in [5.74, 6) is 0.777. The van der Waals surface area contributed by atoms with E-state index in [0.29, 0.717) is 11.6 Å². The topological polar surface area (TPSA) is 29.3 Å². The first-order valence-electron chi connectivity index (χ1n) is 8.25. The van der Waals surface area contributed by atoms with Crippen molar-refractivity contribution in [3.8, 4) is 0 Å². The van der Waals surface area contributed by atoms with E-state index in [9.17, 15) is 0 Å². The monoisotopic (exact) mass is 252 g/mol. The normalized spacial score (nSPS) is 25.5. The van der Waals surface area contributed by atoms with Crippen LogP contribution in [-0.2, 0) is 0 Å². The van der Waals surface area contributed by atoms with Crippen LogP contribution in [0.5, 0.6) is 0 Å². The fourth-order valence-electron chi connectivity index (χ4n) is 4.47. The van der Waals surface area contributed by atoms with E-state index in [4.69, 9.17) is 5.73 Å². The molecule has 0 aromatic rings. The van der Waals surface area contributed by atoms with E-state index in [2.05, 4.69) is 18.7 Å². The lowest BCUT2D eigenvalue weighted by molar-refractivity contribution is 0.0456. The molecule has 1 heterocycles. The van der Waals surface area contributed by atoms with Crippen LogP contribution in [0.3, 0.4) is 0 Å². The van der Waals surface area contributed by atoms with Crippen LogP contribution in [0.4, 0.5) is 0 Å². The number of hydrogen-bond donors (Lipinski definition) is 1. The van der Waals surface area contributed by atoms with Gasteiger partial charge in [-0.05, 0) is 57.5 Å². The summed E-state index contributed by atoms with van der Waals surface area (Å²) in [7, 11) is 0. The average molecular weight is 252 g/mol. The Labute approximate surface area is 113 Å². The van der Waals surface area contributed by atoms with Gasteiger partial charge in [-0.25, -0.2) is 0 Å². The fourth-order valence-corrected chi connectivity index (χ4v) is 4.47. The fraction of sp³-hybridized carbons (Fsp3) is 1.00. The Morgan fingerprint density at radius 1 is 1.00 bits per heavy atom. The van der Waals surface area contributed by atoms with Gasteiger partial charge in [-0.3, -0.25) is 4.90 Å². The van der Waals surface area contributed by atoms with Crippen molar-refractivity contribution >= 4 is 0 Å². The molecule has 1 atom stereocenters. The molecule has 2 aliphatic rings. The van der Waals surface area contributed by atoms with Crippen LogP contribution in [-0.4, -0.2) is 29.6 Å². The Kier molecular flexibility index (Phi) is 5.08. The van der Waals surface area contributed by atoms with Gasteiger partial charge in [0, 0.05) is 11.6 Å². The zero-order valence-corrected chi connectivity index (χ0v) is 12.5. The third-order valence-corrected chi connectivity index (χ3v) is 5.74. The molecule has 0 aromatic carbocycles. The Bertz CT molecular complexity index is 235. The predicted molar refractivity (Wildman–Crippen MR) is 78.7 cm³/mol. The van der Waals surface area contributed by atoms with Crippen LogP contribution in [0.15, 0.2) is 0 Å². The van der Waals surface area contributed by atoms with Crippen LogP contribution in [0.2, 0.25) is 0 Å². The highest BCUT2D eigenvalue weighted by Gasteiger charge is 2.43. The quantitative estimate of drug-likeness (QED) is 0.811. The van der Waals surface area contributed by atoms with Gasteiger partial charge < -0.3 is 5.73 Å². The molecule has 0 aromatic heterocycles. The second kappa shape index (κ2) is 6.38. The van der Waals surface area contributed by atoms with E-state index < -0.39 is 0 Å². The molecule has 18 heavy (non-hydrogen) atoms. The van der Waals surface area contributed by atoms with Gasteiger partial charge in [-0.1, -0.05) is 33.1 Å². The summed E-state index contributed by atoms with van der Waals surface area (Å²) in [6.45, 7) is 7.26. The molecule has 2 rings (SSSR count). The summed E-state index contributed by atoms with van der Waals surface area (Å²) in [6.07, 6.45) is 12.2. The highest BCUT2D eigenvalue weighted by molar-refractivity contribution is 5.01. The van der Waals surface area contributed by atoms with Crippen molar-refractivity contribution in [2.45, 2.75) is 83.2 Å². The minimum absolute atomic E-state index is 0.290. The van der Waals surface area contributed by atoms with Gasteiger partial charge in [0.15, 0.2) is 0 Å².